The minimum atomic E-state index is -0.748. The van der Waals surface area contributed by atoms with Gasteiger partial charge < -0.3 is 19.4 Å². The lowest BCUT2D eigenvalue weighted by Crippen LogP contribution is -2.13. The van der Waals surface area contributed by atoms with Crippen LogP contribution in [0, 0.1) is 6.92 Å². The summed E-state index contributed by atoms with van der Waals surface area (Å²) in [5.41, 5.74) is 2.94. The van der Waals surface area contributed by atoms with Crippen LogP contribution in [0.4, 0.5) is 0 Å². The molecule has 0 aliphatic rings. The highest BCUT2D eigenvalue weighted by Gasteiger charge is 2.14. The zero-order valence-corrected chi connectivity index (χ0v) is 16.5. The second-order valence-corrected chi connectivity index (χ2v) is 7.10. The van der Waals surface area contributed by atoms with Crippen molar-refractivity contribution in [2.75, 3.05) is 7.11 Å². The molecule has 148 valence electrons. The molecule has 3 heterocycles. The average molecular weight is 390 g/mol. The molecule has 0 radical (unpaired) electrons. The number of nitrogens with zero attached hydrogens (tertiary/aromatic N) is 3. The summed E-state index contributed by atoms with van der Waals surface area (Å²) in [4.78, 5) is 24.5. The normalized spacial score (nSPS) is 12.3. The van der Waals surface area contributed by atoms with Crippen molar-refractivity contribution < 1.29 is 9.84 Å². The Balaban J connectivity index is 1.66. The fourth-order valence-electron chi connectivity index (χ4n) is 3.33. The molecule has 0 bridgehead atoms. The Morgan fingerprint density at radius 2 is 2.10 bits per heavy atom. The fourth-order valence-corrected chi connectivity index (χ4v) is 3.33. The van der Waals surface area contributed by atoms with Gasteiger partial charge in [0.25, 0.3) is 5.56 Å². The number of aromatic nitrogens is 4. The van der Waals surface area contributed by atoms with Crippen molar-refractivity contribution in [3.8, 4) is 11.6 Å². The lowest BCUT2D eigenvalue weighted by atomic mass is 10.1. The maximum atomic E-state index is 12.6. The highest BCUT2D eigenvalue weighted by Crippen LogP contribution is 2.28. The van der Waals surface area contributed by atoms with E-state index in [4.69, 9.17) is 4.74 Å². The summed E-state index contributed by atoms with van der Waals surface area (Å²) >= 11 is 0. The molecule has 1 unspecified atom stereocenters. The number of nitrogens with one attached hydrogen (secondary N) is 1. The lowest BCUT2D eigenvalue weighted by Gasteiger charge is -2.12. The number of ether oxygens (including phenoxy) is 1. The Morgan fingerprint density at radius 3 is 2.72 bits per heavy atom. The summed E-state index contributed by atoms with van der Waals surface area (Å²) in [7, 11) is 1.53. The summed E-state index contributed by atoms with van der Waals surface area (Å²) in [5, 5.41) is 10.3. The molecule has 0 spiro atoms. The maximum Gasteiger partial charge on any atom is 0.258 e. The first kappa shape index (κ1) is 18.9. The number of rotatable bonds is 5. The number of aromatic amines is 1. The van der Waals surface area contributed by atoms with Crippen LogP contribution in [-0.2, 0) is 6.42 Å². The molecule has 4 aromatic rings. The van der Waals surface area contributed by atoms with Crippen molar-refractivity contribution in [3.63, 3.8) is 0 Å². The van der Waals surface area contributed by atoms with E-state index in [1.165, 1.54) is 12.7 Å². The molecule has 0 aliphatic carbocycles. The van der Waals surface area contributed by atoms with Crippen molar-refractivity contribution in [2.24, 2.45) is 0 Å². The highest BCUT2D eigenvalue weighted by molar-refractivity contribution is 5.80. The number of pyridine rings is 1. The van der Waals surface area contributed by atoms with Crippen molar-refractivity contribution in [3.05, 3.63) is 81.8 Å². The second-order valence-electron chi connectivity index (χ2n) is 7.10. The minimum Gasteiger partial charge on any atom is -0.496 e. The van der Waals surface area contributed by atoms with Crippen LogP contribution in [0.3, 0.4) is 0 Å². The number of aryl methyl sites for hydroxylation is 1. The maximum absolute atomic E-state index is 12.6. The van der Waals surface area contributed by atoms with Gasteiger partial charge in [-0.25, -0.2) is 9.97 Å². The van der Waals surface area contributed by atoms with Gasteiger partial charge in [0.05, 0.1) is 24.1 Å². The number of fused-ring (bicyclic) bond motifs is 1. The number of H-pyrrole nitrogens is 1. The van der Waals surface area contributed by atoms with E-state index in [0.29, 0.717) is 34.5 Å². The van der Waals surface area contributed by atoms with E-state index in [1.54, 1.807) is 25.3 Å². The monoisotopic (exact) mass is 390 g/mol. The molecule has 0 aliphatic heterocycles. The van der Waals surface area contributed by atoms with Gasteiger partial charge in [0.2, 0.25) is 0 Å². The smallest absolute Gasteiger partial charge is 0.258 e. The van der Waals surface area contributed by atoms with Gasteiger partial charge in [-0.15, -0.1) is 0 Å². The summed E-state index contributed by atoms with van der Waals surface area (Å²) < 4.78 is 7.30. The molecule has 2 N–H and O–H groups in total. The Hall–Kier alpha value is -3.45. The molecule has 29 heavy (non-hydrogen) atoms. The van der Waals surface area contributed by atoms with Crippen molar-refractivity contribution in [1.82, 2.24) is 19.5 Å². The van der Waals surface area contributed by atoms with Gasteiger partial charge in [0, 0.05) is 36.6 Å². The Kier molecular flexibility index (Phi) is 4.90. The van der Waals surface area contributed by atoms with Crippen LogP contribution < -0.4 is 10.3 Å². The molecule has 4 rings (SSSR count). The predicted molar refractivity (Wildman–Crippen MR) is 111 cm³/mol. The lowest BCUT2D eigenvalue weighted by molar-refractivity contribution is 0.194. The number of methoxy groups -OCH3 is 1. The minimum absolute atomic E-state index is 0.248. The van der Waals surface area contributed by atoms with E-state index >= 15 is 0 Å². The van der Waals surface area contributed by atoms with Crippen molar-refractivity contribution >= 4 is 10.9 Å². The summed E-state index contributed by atoms with van der Waals surface area (Å²) in [5.74, 6) is 1.88. The first-order valence-electron chi connectivity index (χ1n) is 9.33. The molecule has 1 atom stereocenters. The fraction of sp³-hybridized carbons (Fsp3) is 0.227. The van der Waals surface area contributed by atoms with Gasteiger partial charge in [0.1, 0.15) is 17.4 Å². The third kappa shape index (κ3) is 3.77. The molecule has 0 amide bonds. The molecule has 3 aromatic heterocycles. The van der Waals surface area contributed by atoms with Gasteiger partial charge in [0.15, 0.2) is 0 Å². The van der Waals surface area contributed by atoms with Crippen molar-refractivity contribution in [1.29, 1.82) is 0 Å². The van der Waals surface area contributed by atoms with E-state index in [9.17, 15) is 9.90 Å². The number of aliphatic hydroxyl groups is 1. The molecular weight excluding hydrogens is 368 g/mol. The molecule has 0 saturated carbocycles. The standard InChI is InChI=1S/C22H22N4O3/c1-13-6-7-26(12-13)21-5-4-15(11-23-21)8-20-24-18-10-19(29-3)16(14(2)27)9-17(18)22(28)25-20/h4-7,9-12,14,27H,8H2,1-3H3,(H,24,25,28). The average Bonchev–Trinajstić information content (AvgIpc) is 3.14. The zero-order valence-electron chi connectivity index (χ0n) is 16.5. The first-order chi connectivity index (χ1) is 13.9. The summed E-state index contributed by atoms with van der Waals surface area (Å²) in [6, 6.07) is 9.25. The Bertz CT molecular complexity index is 1220. The first-order valence-corrected chi connectivity index (χ1v) is 9.33. The quantitative estimate of drug-likeness (QED) is 0.546. The molecule has 0 saturated heterocycles. The molecule has 7 heteroatoms. The van der Waals surface area contributed by atoms with Crippen LogP contribution in [0.25, 0.3) is 16.7 Å². The topological polar surface area (TPSA) is 93.0 Å². The third-order valence-corrected chi connectivity index (χ3v) is 4.84. The van der Waals surface area contributed by atoms with Crippen LogP contribution in [0.5, 0.6) is 5.75 Å². The van der Waals surface area contributed by atoms with E-state index in [0.717, 1.165) is 11.4 Å². The largest absolute Gasteiger partial charge is 0.496 e. The Labute approximate surface area is 167 Å². The molecular formula is C22H22N4O3. The van der Waals surface area contributed by atoms with Crippen LogP contribution in [0.1, 0.15) is 35.5 Å². The summed E-state index contributed by atoms with van der Waals surface area (Å²) in [6.45, 7) is 3.66. The Morgan fingerprint density at radius 1 is 1.28 bits per heavy atom. The highest BCUT2D eigenvalue weighted by atomic mass is 16.5. The molecule has 7 nitrogen and oxygen atoms in total. The zero-order chi connectivity index (χ0) is 20.5. The third-order valence-electron chi connectivity index (χ3n) is 4.84. The van der Waals surface area contributed by atoms with E-state index in [1.807, 2.05) is 42.1 Å². The van der Waals surface area contributed by atoms with Crippen LogP contribution in [0.15, 0.2) is 53.7 Å². The SMILES string of the molecule is COc1cc2nc(Cc3ccc(-n4ccc(C)c4)nc3)[nH]c(=O)c2cc1C(C)O. The van der Waals surface area contributed by atoms with Gasteiger partial charge in [-0.05, 0) is 43.2 Å². The van der Waals surface area contributed by atoms with Crippen molar-refractivity contribution in [2.45, 2.75) is 26.4 Å². The van der Waals surface area contributed by atoms with E-state index < -0.39 is 6.10 Å². The van der Waals surface area contributed by atoms with E-state index in [2.05, 4.69) is 15.0 Å². The summed E-state index contributed by atoms with van der Waals surface area (Å²) in [6.07, 6.45) is 5.46. The number of hydrogen-bond acceptors (Lipinski definition) is 5. The van der Waals surface area contributed by atoms with Gasteiger partial charge >= 0.3 is 0 Å². The van der Waals surface area contributed by atoms with Gasteiger partial charge in [-0.2, -0.15) is 0 Å². The van der Waals surface area contributed by atoms with Crippen LogP contribution >= 0.6 is 0 Å². The van der Waals surface area contributed by atoms with Gasteiger partial charge in [-0.1, -0.05) is 6.07 Å². The number of benzene rings is 1. The second kappa shape index (κ2) is 7.52. The molecule has 1 aromatic carbocycles. The van der Waals surface area contributed by atoms with Crippen LogP contribution in [0.2, 0.25) is 0 Å². The molecule has 0 fully saturated rings. The number of aliphatic hydroxyl groups excluding tert-OH is 1. The van der Waals surface area contributed by atoms with E-state index in [-0.39, 0.29) is 5.56 Å². The van der Waals surface area contributed by atoms with Gasteiger partial charge in [-0.3, -0.25) is 4.79 Å². The number of hydrogen-bond donors (Lipinski definition) is 2. The van der Waals surface area contributed by atoms with Crippen LogP contribution in [-0.4, -0.2) is 31.7 Å². The predicted octanol–water partition coefficient (Wildman–Crippen LogP) is 3.07.